The average molecular weight is 442 g/mol. The van der Waals surface area contributed by atoms with Crippen LogP contribution in [0.4, 0.5) is 13.2 Å². The molecule has 0 fully saturated rings. The van der Waals surface area contributed by atoms with E-state index in [1.54, 1.807) is 18.2 Å². The number of pyridine rings is 1. The summed E-state index contributed by atoms with van der Waals surface area (Å²) in [6.07, 6.45) is 2.26. The number of fused-ring (bicyclic) bond motifs is 1. The number of ketones is 1. The van der Waals surface area contributed by atoms with Crippen LogP contribution in [0.15, 0.2) is 52.9 Å². The van der Waals surface area contributed by atoms with Gasteiger partial charge in [0.2, 0.25) is 0 Å². The maximum absolute atomic E-state index is 12.8. The molecule has 0 saturated carbocycles. The Balaban J connectivity index is 1.81. The van der Waals surface area contributed by atoms with Gasteiger partial charge in [-0.15, -0.1) is 10.2 Å². The van der Waals surface area contributed by atoms with Crippen LogP contribution < -0.4 is 0 Å². The third-order valence-corrected chi connectivity index (χ3v) is 5.15. The van der Waals surface area contributed by atoms with Crippen molar-refractivity contribution in [1.82, 2.24) is 14.6 Å². The number of aromatic nitrogens is 3. The molecule has 5 nitrogen and oxygen atoms in total. The standard InChI is InChI=1S/C19H12Cl2F3N3O2/c20-15-9-29-6-4-12(15)14-7-10(28)1-2-11(14)13-3-5-27-16(8-19(22,23)24)25-26-18(27)17(13)21/h2-7H,1,8-9H2. The molecular formula is C19H12Cl2F3N3O2. The number of ether oxygens (including phenoxy) is 1. The molecule has 29 heavy (non-hydrogen) atoms. The lowest BCUT2D eigenvalue weighted by Crippen LogP contribution is -2.14. The summed E-state index contributed by atoms with van der Waals surface area (Å²) in [5, 5.41) is 8.00. The lowest BCUT2D eigenvalue weighted by Gasteiger charge is -2.21. The van der Waals surface area contributed by atoms with Crippen LogP contribution in [0.3, 0.4) is 0 Å². The molecule has 10 heteroatoms. The molecule has 150 valence electrons. The summed E-state index contributed by atoms with van der Waals surface area (Å²) in [5.74, 6) is -0.365. The van der Waals surface area contributed by atoms with E-state index in [4.69, 9.17) is 27.9 Å². The van der Waals surface area contributed by atoms with Gasteiger partial charge in [0.1, 0.15) is 18.9 Å². The van der Waals surface area contributed by atoms with Crippen molar-refractivity contribution in [1.29, 1.82) is 0 Å². The van der Waals surface area contributed by atoms with Gasteiger partial charge in [0.25, 0.3) is 0 Å². The maximum atomic E-state index is 12.8. The highest BCUT2D eigenvalue weighted by molar-refractivity contribution is 6.36. The summed E-state index contributed by atoms with van der Waals surface area (Å²) in [5.41, 5.74) is 2.43. The first kappa shape index (κ1) is 19.7. The summed E-state index contributed by atoms with van der Waals surface area (Å²) in [6, 6.07) is 1.57. The minimum absolute atomic E-state index is 0.100. The fraction of sp³-hybridized carbons (Fsp3) is 0.211. The number of halogens is 5. The number of rotatable bonds is 3. The second-order valence-corrected chi connectivity index (χ2v) is 7.26. The van der Waals surface area contributed by atoms with Gasteiger partial charge in [-0.1, -0.05) is 29.3 Å². The second kappa shape index (κ2) is 7.35. The highest BCUT2D eigenvalue weighted by Crippen LogP contribution is 2.39. The van der Waals surface area contributed by atoms with Crippen molar-refractivity contribution in [3.8, 4) is 0 Å². The van der Waals surface area contributed by atoms with Crippen molar-refractivity contribution in [2.45, 2.75) is 19.0 Å². The van der Waals surface area contributed by atoms with Gasteiger partial charge in [0.15, 0.2) is 11.4 Å². The van der Waals surface area contributed by atoms with Crippen molar-refractivity contribution in [3.05, 3.63) is 69.3 Å². The van der Waals surface area contributed by atoms with E-state index in [2.05, 4.69) is 10.2 Å². The van der Waals surface area contributed by atoms with Crippen LogP contribution in [-0.2, 0) is 16.0 Å². The van der Waals surface area contributed by atoms with Crippen LogP contribution in [0.2, 0.25) is 5.02 Å². The van der Waals surface area contributed by atoms with Crippen LogP contribution in [-0.4, -0.2) is 33.2 Å². The Morgan fingerprint density at radius 3 is 2.72 bits per heavy atom. The molecule has 2 aromatic heterocycles. The zero-order valence-electron chi connectivity index (χ0n) is 14.6. The highest BCUT2D eigenvalue weighted by Gasteiger charge is 2.31. The minimum atomic E-state index is -4.42. The van der Waals surface area contributed by atoms with Gasteiger partial charge in [-0.25, -0.2) is 0 Å². The Morgan fingerprint density at radius 1 is 1.21 bits per heavy atom. The van der Waals surface area contributed by atoms with Crippen LogP contribution in [0, 0.1) is 0 Å². The molecule has 3 heterocycles. The largest absolute Gasteiger partial charge is 0.496 e. The van der Waals surface area contributed by atoms with Gasteiger partial charge in [0.05, 0.1) is 16.3 Å². The maximum Gasteiger partial charge on any atom is 0.396 e. The molecule has 0 atom stereocenters. The summed E-state index contributed by atoms with van der Waals surface area (Å²) < 4.78 is 44.6. The zero-order valence-corrected chi connectivity index (χ0v) is 16.1. The number of hydrogen-bond acceptors (Lipinski definition) is 4. The summed E-state index contributed by atoms with van der Waals surface area (Å²) in [4.78, 5) is 12.0. The van der Waals surface area contributed by atoms with E-state index in [1.807, 2.05) is 0 Å². The molecule has 0 N–H and O–H groups in total. The van der Waals surface area contributed by atoms with E-state index in [0.717, 1.165) is 0 Å². The molecule has 0 bridgehead atoms. The topological polar surface area (TPSA) is 56.5 Å². The fourth-order valence-electron chi connectivity index (χ4n) is 3.21. The molecule has 4 rings (SSSR count). The smallest absolute Gasteiger partial charge is 0.396 e. The van der Waals surface area contributed by atoms with Gasteiger partial charge in [-0.05, 0) is 29.4 Å². The number of alkyl halides is 3. The summed E-state index contributed by atoms with van der Waals surface area (Å²) >= 11 is 12.8. The average Bonchev–Trinajstić information content (AvgIpc) is 3.05. The number of hydrogen-bond donors (Lipinski definition) is 0. The van der Waals surface area contributed by atoms with E-state index in [0.29, 0.717) is 27.3 Å². The Morgan fingerprint density at radius 2 is 2.00 bits per heavy atom. The number of allylic oxidation sites excluding steroid dienone is 6. The van der Waals surface area contributed by atoms with Crippen molar-refractivity contribution in [3.63, 3.8) is 0 Å². The number of carbonyl (C=O) groups is 1. The summed E-state index contributed by atoms with van der Waals surface area (Å²) in [7, 11) is 0. The lowest BCUT2D eigenvalue weighted by molar-refractivity contribution is -0.128. The molecule has 1 aliphatic carbocycles. The Kier molecular flexibility index (Phi) is 5.00. The normalized spacial score (nSPS) is 17.5. The molecule has 2 aliphatic rings. The first-order valence-electron chi connectivity index (χ1n) is 8.46. The van der Waals surface area contributed by atoms with Crippen molar-refractivity contribution in [2.75, 3.05) is 6.61 Å². The predicted octanol–water partition coefficient (Wildman–Crippen LogP) is 4.81. The SMILES string of the molecule is O=C1C=C(C2=C(Cl)COC=C2)C(c2ccn3c(CC(F)(F)F)nnc3c2Cl)=CC1. The first-order chi connectivity index (χ1) is 13.7. The van der Waals surface area contributed by atoms with Gasteiger partial charge in [-0.2, -0.15) is 13.2 Å². The quantitative estimate of drug-likeness (QED) is 0.685. The molecule has 0 unspecified atom stereocenters. The molecule has 1 aliphatic heterocycles. The zero-order chi connectivity index (χ0) is 20.8. The number of nitrogens with zero attached hydrogens (tertiary/aromatic N) is 3. The third kappa shape index (κ3) is 3.82. The van der Waals surface area contributed by atoms with Crippen molar-refractivity contribution >= 4 is 40.2 Å². The van der Waals surface area contributed by atoms with Gasteiger partial charge < -0.3 is 4.74 Å². The van der Waals surface area contributed by atoms with E-state index in [9.17, 15) is 18.0 Å². The third-order valence-electron chi connectivity index (χ3n) is 4.46. The monoisotopic (exact) mass is 441 g/mol. The Labute approximate surface area is 172 Å². The lowest BCUT2D eigenvalue weighted by atomic mass is 9.86. The molecule has 0 aromatic carbocycles. The molecule has 0 radical (unpaired) electrons. The Hall–Kier alpha value is -2.58. The predicted molar refractivity (Wildman–Crippen MR) is 101 cm³/mol. The van der Waals surface area contributed by atoms with Gasteiger partial charge in [-0.3, -0.25) is 9.20 Å². The minimum Gasteiger partial charge on any atom is -0.496 e. The molecule has 0 amide bonds. The van der Waals surface area contributed by atoms with E-state index < -0.39 is 12.6 Å². The van der Waals surface area contributed by atoms with E-state index >= 15 is 0 Å². The fourth-order valence-corrected chi connectivity index (χ4v) is 3.73. The van der Waals surface area contributed by atoms with Crippen molar-refractivity contribution < 1.29 is 22.7 Å². The van der Waals surface area contributed by atoms with Crippen molar-refractivity contribution in [2.24, 2.45) is 0 Å². The number of carbonyl (C=O) groups excluding carboxylic acids is 1. The van der Waals surface area contributed by atoms with E-state index in [-0.39, 0.29) is 35.3 Å². The van der Waals surface area contributed by atoms with Crippen LogP contribution in [0.5, 0.6) is 0 Å². The van der Waals surface area contributed by atoms with Gasteiger partial charge in [0, 0.05) is 23.8 Å². The molecule has 0 saturated heterocycles. The summed E-state index contributed by atoms with van der Waals surface area (Å²) in [6.45, 7) is 0.171. The van der Waals surface area contributed by atoms with Crippen LogP contribution in [0.1, 0.15) is 17.8 Å². The van der Waals surface area contributed by atoms with Crippen LogP contribution in [0.25, 0.3) is 11.2 Å². The van der Waals surface area contributed by atoms with E-state index in [1.165, 1.54) is 22.9 Å². The highest BCUT2D eigenvalue weighted by atomic mass is 35.5. The molecular weight excluding hydrogens is 430 g/mol. The first-order valence-corrected chi connectivity index (χ1v) is 9.21. The van der Waals surface area contributed by atoms with Crippen LogP contribution >= 0.6 is 23.2 Å². The molecule has 2 aromatic rings. The Bertz CT molecular complexity index is 1140. The second-order valence-electron chi connectivity index (χ2n) is 6.42. The van der Waals surface area contributed by atoms with Gasteiger partial charge >= 0.3 is 6.18 Å². The molecule has 0 spiro atoms.